The Morgan fingerprint density at radius 3 is 1.94 bits per heavy atom. The molecule has 6 rings (SSSR count). The fourth-order valence-corrected chi connectivity index (χ4v) is 8.06. The van der Waals surface area contributed by atoms with Gasteiger partial charge in [0.15, 0.2) is 0 Å². The third kappa shape index (κ3) is 2.39. The molecule has 7 atom stereocenters. The van der Waals surface area contributed by atoms with Gasteiger partial charge in [0.2, 0.25) is 21.8 Å². The van der Waals surface area contributed by atoms with Gasteiger partial charge in [0.1, 0.15) is 0 Å². The third-order valence-electron chi connectivity index (χ3n) is 7.51. The number of hydrogen-bond donors (Lipinski definition) is 0. The van der Waals surface area contributed by atoms with E-state index in [0.717, 1.165) is 10.5 Å². The van der Waals surface area contributed by atoms with Crippen molar-refractivity contribution in [3.63, 3.8) is 0 Å². The fourth-order valence-electron chi connectivity index (χ4n) is 6.18. The van der Waals surface area contributed by atoms with E-state index >= 15 is 0 Å². The summed E-state index contributed by atoms with van der Waals surface area (Å²) in [6.07, 6.45) is 0.677. The highest BCUT2D eigenvalue weighted by Gasteiger charge is 2.78. The van der Waals surface area contributed by atoms with Gasteiger partial charge in [-0.25, -0.2) is 8.42 Å². The molecule has 0 spiro atoms. The number of anilines is 1. The Kier molecular flexibility index (Phi) is 3.81. The molecular weight excluding hydrogens is 434 g/mol. The maximum atomic E-state index is 13.2. The van der Waals surface area contributed by atoms with Crippen LogP contribution in [0, 0.1) is 40.7 Å². The van der Waals surface area contributed by atoms with Crippen LogP contribution in [0.4, 0.5) is 11.4 Å². The minimum atomic E-state index is -3.68. The summed E-state index contributed by atoms with van der Waals surface area (Å²) in [6.45, 7) is 1.89. The van der Waals surface area contributed by atoms with E-state index < -0.39 is 26.8 Å². The van der Waals surface area contributed by atoms with Crippen molar-refractivity contribution in [3.05, 3.63) is 64.2 Å². The van der Waals surface area contributed by atoms with E-state index in [1.54, 1.807) is 24.3 Å². The van der Waals surface area contributed by atoms with Crippen molar-refractivity contribution >= 4 is 33.2 Å². The Morgan fingerprint density at radius 1 is 0.906 bits per heavy atom. The highest BCUT2D eigenvalue weighted by molar-refractivity contribution is 7.89. The van der Waals surface area contributed by atoms with Gasteiger partial charge in [-0.3, -0.25) is 24.6 Å². The number of piperidine rings is 1. The van der Waals surface area contributed by atoms with E-state index in [4.69, 9.17) is 0 Å². The standard InChI is InChI=1S/C22H19N3O6S/c1-11-2-8-14(9-3-11)32(30,31)24-19-15-10-16(20(19)24)18-17(15)21(26)23(22(18)27)12-4-6-13(7-5-12)25(28)29/h2-9,15-20H,10H2,1H3/t15?,16?,17-,18+,19-,20+,24?. The molecule has 2 heterocycles. The number of nitro groups is 1. The molecule has 9 nitrogen and oxygen atoms in total. The normalized spacial score (nSPS) is 34.5. The summed E-state index contributed by atoms with van der Waals surface area (Å²) in [5, 5.41) is 10.9. The monoisotopic (exact) mass is 453 g/mol. The van der Waals surface area contributed by atoms with Gasteiger partial charge >= 0.3 is 0 Å². The van der Waals surface area contributed by atoms with Gasteiger partial charge in [-0.15, -0.1) is 0 Å². The molecule has 2 aromatic rings. The zero-order valence-corrected chi connectivity index (χ0v) is 17.8. The first kappa shape index (κ1) is 19.6. The van der Waals surface area contributed by atoms with E-state index in [-0.39, 0.29) is 46.3 Å². The molecule has 10 heteroatoms. The third-order valence-corrected chi connectivity index (χ3v) is 9.42. The number of benzene rings is 2. The first-order valence-corrected chi connectivity index (χ1v) is 11.9. The molecule has 0 N–H and O–H groups in total. The lowest BCUT2D eigenvalue weighted by molar-refractivity contribution is -0.384. The van der Waals surface area contributed by atoms with Crippen molar-refractivity contribution < 1.29 is 22.9 Å². The van der Waals surface area contributed by atoms with Crippen molar-refractivity contribution in [1.29, 1.82) is 0 Å². The summed E-state index contributed by atoms with van der Waals surface area (Å²) in [6, 6.07) is 11.6. The smallest absolute Gasteiger partial charge is 0.269 e. The predicted molar refractivity (Wildman–Crippen MR) is 112 cm³/mol. The van der Waals surface area contributed by atoms with Gasteiger partial charge < -0.3 is 0 Å². The first-order chi connectivity index (χ1) is 15.2. The fraction of sp³-hybridized carbons (Fsp3) is 0.364. The maximum Gasteiger partial charge on any atom is 0.269 e. The summed E-state index contributed by atoms with van der Waals surface area (Å²) in [5.41, 5.74) is 1.16. The van der Waals surface area contributed by atoms with E-state index in [2.05, 4.69) is 0 Å². The molecule has 2 saturated carbocycles. The lowest BCUT2D eigenvalue weighted by Crippen LogP contribution is -2.34. The molecule has 164 valence electrons. The lowest BCUT2D eigenvalue weighted by Gasteiger charge is -2.20. The summed E-state index contributed by atoms with van der Waals surface area (Å²) in [4.78, 5) is 38.2. The molecule has 2 aliphatic heterocycles. The van der Waals surface area contributed by atoms with Crippen LogP contribution in [0.15, 0.2) is 53.4 Å². The first-order valence-electron chi connectivity index (χ1n) is 10.4. The molecular formula is C22H19N3O6S. The second kappa shape index (κ2) is 6.23. The number of carbonyl (C=O) groups is 2. The highest BCUT2D eigenvalue weighted by Crippen LogP contribution is 2.66. The number of rotatable bonds is 4. The summed E-state index contributed by atoms with van der Waals surface area (Å²) >= 11 is 0. The predicted octanol–water partition coefficient (Wildman–Crippen LogP) is 2.10. The van der Waals surface area contributed by atoms with Crippen molar-refractivity contribution in [1.82, 2.24) is 4.31 Å². The van der Waals surface area contributed by atoms with Gasteiger partial charge in [-0.05, 0) is 49.4 Å². The van der Waals surface area contributed by atoms with Crippen LogP contribution < -0.4 is 4.90 Å². The molecule has 3 unspecified atom stereocenters. The van der Waals surface area contributed by atoms with Crippen molar-refractivity contribution in [2.24, 2.45) is 23.7 Å². The van der Waals surface area contributed by atoms with E-state index in [0.29, 0.717) is 12.1 Å². The Hall–Kier alpha value is -3.11. The molecule has 2 aromatic carbocycles. The minimum absolute atomic E-state index is 0.119. The zero-order valence-electron chi connectivity index (χ0n) is 17.0. The second-order valence-corrected chi connectivity index (χ2v) is 10.9. The molecule has 0 aromatic heterocycles. The Labute approximate surface area is 183 Å². The van der Waals surface area contributed by atoms with Crippen LogP contribution in [-0.4, -0.2) is 41.5 Å². The Morgan fingerprint density at radius 2 is 1.44 bits per heavy atom. The molecule has 2 bridgehead atoms. The SMILES string of the molecule is Cc1ccc(S(=O)(=O)N2[C@@H]3C4CC([C@@H]5C(=O)N(c6ccc([N+](=O)[O-])cc6)C(=O)[C@H]45)[C@@H]32)cc1. The second-order valence-electron chi connectivity index (χ2n) is 9.03. The molecule has 4 fully saturated rings. The van der Waals surface area contributed by atoms with E-state index in [9.17, 15) is 28.1 Å². The number of sulfonamides is 1. The van der Waals surface area contributed by atoms with E-state index in [1.165, 1.54) is 28.6 Å². The number of nitro benzene ring substituents is 1. The number of nitrogens with zero attached hydrogens (tertiary/aromatic N) is 3. The topological polar surface area (TPSA) is 118 Å². The summed E-state index contributed by atoms with van der Waals surface area (Å²) < 4.78 is 27.9. The number of imide groups is 1. The van der Waals surface area contributed by atoms with Crippen LogP contribution in [-0.2, 0) is 19.6 Å². The number of carbonyl (C=O) groups excluding carboxylic acids is 2. The number of hydrogen-bond acceptors (Lipinski definition) is 6. The number of fused-ring (bicyclic) bond motifs is 8. The number of aryl methyl sites for hydroxylation is 1. The number of amides is 2. The molecule has 2 amide bonds. The van der Waals surface area contributed by atoms with Crippen LogP contribution in [0.5, 0.6) is 0 Å². The van der Waals surface area contributed by atoms with Crippen LogP contribution in [0.1, 0.15) is 12.0 Å². The van der Waals surface area contributed by atoms with Crippen LogP contribution >= 0.6 is 0 Å². The molecule has 2 saturated heterocycles. The average Bonchev–Trinajstić information content (AvgIpc) is 3.15. The summed E-state index contributed by atoms with van der Waals surface area (Å²) in [7, 11) is -3.68. The molecule has 32 heavy (non-hydrogen) atoms. The van der Waals surface area contributed by atoms with Gasteiger partial charge in [-0.1, -0.05) is 17.7 Å². The zero-order chi connectivity index (χ0) is 22.5. The molecule has 2 aliphatic carbocycles. The molecule has 4 aliphatic rings. The minimum Gasteiger partial charge on any atom is -0.274 e. The van der Waals surface area contributed by atoms with Crippen LogP contribution in [0.2, 0.25) is 0 Å². The maximum absolute atomic E-state index is 13.2. The summed E-state index contributed by atoms with van der Waals surface area (Å²) in [5.74, 6) is -2.12. The largest absolute Gasteiger partial charge is 0.274 e. The number of non-ortho nitro benzene ring substituents is 1. The van der Waals surface area contributed by atoms with Gasteiger partial charge in [-0.2, -0.15) is 4.31 Å². The van der Waals surface area contributed by atoms with Gasteiger partial charge in [0.05, 0.1) is 27.3 Å². The van der Waals surface area contributed by atoms with E-state index in [1.807, 2.05) is 6.92 Å². The van der Waals surface area contributed by atoms with Crippen molar-refractivity contribution in [3.8, 4) is 0 Å². The van der Waals surface area contributed by atoms with Crippen LogP contribution in [0.25, 0.3) is 0 Å². The van der Waals surface area contributed by atoms with Gasteiger partial charge in [0.25, 0.3) is 5.69 Å². The molecule has 0 radical (unpaired) electrons. The average molecular weight is 453 g/mol. The van der Waals surface area contributed by atoms with Crippen molar-refractivity contribution in [2.45, 2.75) is 30.3 Å². The highest BCUT2D eigenvalue weighted by atomic mass is 32.2. The Balaban J connectivity index is 1.28. The van der Waals surface area contributed by atoms with Crippen LogP contribution in [0.3, 0.4) is 0 Å². The van der Waals surface area contributed by atoms with Gasteiger partial charge in [0, 0.05) is 24.2 Å². The lowest BCUT2D eigenvalue weighted by atomic mass is 9.81. The quantitative estimate of drug-likeness (QED) is 0.303. The van der Waals surface area contributed by atoms with Crippen molar-refractivity contribution in [2.75, 3.05) is 4.90 Å². The Bertz CT molecular complexity index is 1260.